The van der Waals surface area contributed by atoms with Crippen LogP contribution in [-0.2, 0) is 9.53 Å². The lowest BCUT2D eigenvalue weighted by atomic mass is 9.61. The van der Waals surface area contributed by atoms with Crippen LogP contribution in [-0.4, -0.2) is 19.1 Å². The summed E-state index contributed by atoms with van der Waals surface area (Å²) in [6, 6.07) is 10.4. The van der Waals surface area contributed by atoms with Crippen LogP contribution in [0.1, 0.15) is 56.9 Å². The third-order valence-corrected chi connectivity index (χ3v) is 4.74. The first-order valence-electron chi connectivity index (χ1n) is 8.17. The molecule has 0 bridgehead atoms. The lowest BCUT2D eigenvalue weighted by Gasteiger charge is -2.42. The Morgan fingerprint density at radius 3 is 2.76 bits per heavy atom. The molecule has 0 aromatic heterocycles. The third kappa shape index (κ3) is 3.46. The van der Waals surface area contributed by atoms with Crippen LogP contribution in [0.15, 0.2) is 30.3 Å². The zero-order valence-corrected chi connectivity index (χ0v) is 13.0. The van der Waals surface area contributed by atoms with Crippen molar-refractivity contribution in [2.75, 3.05) is 13.2 Å². The molecule has 2 unspecified atom stereocenters. The molecule has 1 aliphatic rings. The van der Waals surface area contributed by atoms with Gasteiger partial charge in [-0.15, -0.1) is 0 Å². The lowest BCUT2D eigenvalue weighted by molar-refractivity contribution is -0.159. The summed E-state index contributed by atoms with van der Waals surface area (Å²) in [5.74, 6) is 0.241. The summed E-state index contributed by atoms with van der Waals surface area (Å²) < 4.78 is 5.45. The van der Waals surface area contributed by atoms with Crippen molar-refractivity contribution >= 4 is 5.97 Å². The van der Waals surface area contributed by atoms with Gasteiger partial charge < -0.3 is 10.5 Å². The minimum atomic E-state index is -0.380. The second-order valence-corrected chi connectivity index (χ2v) is 5.98. The molecule has 0 heterocycles. The van der Waals surface area contributed by atoms with E-state index in [9.17, 15) is 4.79 Å². The van der Waals surface area contributed by atoms with Gasteiger partial charge in [-0.25, -0.2) is 0 Å². The van der Waals surface area contributed by atoms with Crippen LogP contribution in [0.5, 0.6) is 0 Å². The summed E-state index contributed by atoms with van der Waals surface area (Å²) in [6.07, 6.45) is 5.99. The molecule has 1 saturated carbocycles. The maximum Gasteiger partial charge on any atom is 0.312 e. The van der Waals surface area contributed by atoms with E-state index in [-0.39, 0.29) is 17.3 Å². The molecular formula is C18H27NO2. The van der Waals surface area contributed by atoms with E-state index >= 15 is 0 Å². The number of hydrogen-bond acceptors (Lipinski definition) is 3. The molecule has 0 aliphatic heterocycles. The summed E-state index contributed by atoms with van der Waals surface area (Å²) in [7, 11) is 0. The van der Waals surface area contributed by atoms with Gasteiger partial charge in [-0.2, -0.15) is 0 Å². The van der Waals surface area contributed by atoms with Crippen molar-refractivity contribution in [1.82, 2.24) is 0 Å². The van der Waals surface area contributed by atoms with Crippen molar-refractivity contribution in [2.24, 2.45) is 11.1 Å². The number of benzene rings is 1. The van der Waals surface area contributed by atoms with Crippen LogP contribution in [0.2, 0.25) is 0 Å². The molecular weight excluding hydrogens is 262 g/mol. The zero-order valence-electron chi connectivity index (χ0n) is 13.0. The van der Waals surface area contributed by atoms with Gasteiger partial charge >= 0.3 is 5.97 Å². The Labute approximate surface area is 127 Å². The Morgan fingerprint density at radius 2 is 2.10 bits per heavy atom. The molecule has 0 saturated heterocycles. The lowest BCUT2D eigenvalue weighted by Crippen LogP contribution is -2.41. The van der Waals surface area contributed by atoms with Crippen molar-refractivity contribution in [3.8, 4) is 0 Å². The minimum absolute atomic E-state index is 0.0213. The topological polar surface area (TPSA) is 52.3 Å². The van der Waals surface area contributed by atoms with Crippen LogP contribution in [0.4, 0.5) is 0 Å². The number of hydrogen-bond donors (Lipinski definition) is 1. The van der Waals surface area contributed by atoms with Gasteiger partial charge in [-0.3, -0.25) is 4.79 Å². The van der Waals surface area contributed by atoms with Gasteiger partial charge in [0.05, 0.1) is 12.0 Å². The van der Waals surface area contributed by atoms with Gasteiger partial charge in [0.1, 0.15) is 0 Å². The van der Waals surface area contributed by atoms with Crippen LogP contribution in [0.3, 0.4) is 0 Å². The van der Waals surface area contributed by atoms with E-state index in [4.69, 9.17) is 10.5 Å². The quantitative estimate of drug-likeness (QED) is 0.814. The molecule has 0 amide bonds. The van der Waals surface area contributed by atoms with Gasteiger partial charge in [0.15, 0.2) is 0 Å². The fraction of sp³-hybridized carbons (Fsp3) is 0.611. The smallest absolute Gasteiger partial charge is 0.312 e. The Bertz CT molecular complexity index is 446. The monoisotopic (exact) mass is 289 g/mol. The number of carbonyl (C=O) groups is 1. The molecule has 3 heteroatoms. The van der Waals surface area contributed by atoms with Gasteiger partial charge in [0.2, 0.25) is 0 Å². The highest BCUT2D eigenvalue weighted by atomic mass is 16.5. The summed E-state index contributed by atoms with van der Waals surface area (Å²) in [5, 5.41) is 0. The molecule has 21 heavy (non-hydrogen) atoms. The van der Waals surface area contributed by atoms with Crippen LogP contribution >= 0.6 is 0 Å². The van der Waals surface area contributed by atoms with E-state index in [0.29, 0.717) is 13.2 Å². The largest absolute Gasteiger partial charge is 0.466 e. The third-order valence-electron chi connectivity index (χ3n) is 4.74. The minimum Gasteiger partial charge on any atom is -0.466 e. The van der Waals surface area contributed by atoms with E-state index in [2.05, 4.69) is 24.3 Å². The van der Waals surface area contributed by atoms with Gasteiger partial charge in [-0.1, -0.05) is 43.2 Å². The Kier molecular flexibility index (Phi) is 5.80. The van der Waals surface area contributed by atoms with E-state index in [1.54, 1.807) is 0 Å². The second kappa shape index (κ2) is 7.60. The summed E-state index contributed by atoms with van der Waals surface area (Å²) in [5.41, 5.74) is 6.60. The maximum atomic E-state index is 12.7. The van der Waals surface area contributed by atoms with Gasteiger partial charge in [0, 0.05) is 0 Å². The average Bonchev–Trinajstić information content (AvgIpc) is 2.54. The highest BCUT2D eigenvalue weighted by Gasteiger charge is 2.48. The number of ether oxygens (including phenoxy) is 1. The average molecular weight is 289 g/mol. The Morgan fingerprint density at radius 1 is 1.33 bits per heavy atom. The maximum absolute atomic E-state index is 12.7. The molecule has 2 atom stereocenters. The zero-order chi connectivity index (χ0) is 15.1. The fourth-order valence-electron chi connectivity index (χ4n) is 3.75. The van der Waals surface area contributed by atoms with Crippen molar-refractivity contribution in [1.29, 1.82) is 0 Å². The highest BCUT2D eigenvalue weighted by Crippen LogP contribution is 2.51. The fourth-order valence-corrected chi connectivity index (χ4v) is 3.75. The van der Waals surface area contributed by atoms with Crippen molar-refractivity contribution in [3.05, 3.63) is 35.9 Å². The molecule has 1 aromatic rings. The van der Waals surface area contributed by atoms with Crippen LogP contribution < -0.4 is 5.73 Å². The second-order valence-electron chi connectivity index (χ2n) is 5.98. The predicted octanol–water partition coefficient (Wildman–Crippen LogP) is 3.63. The van der Waals surface area contributed by atoms with Crippen molar-refractivity contribution in [2.45, 2.75) is 51.4 Å². The Balaban J connectivity index is 2.34. The van der Waals surface area contributed by atoms with E-state index in [1.807, 2.05) is 13.0 Å². The van der Waals surface area contributed by atoms with Crippen molar-refractivity contribution < 1.29 is 9.53 Å². The van der Waals surface area contributed by atoms with Crippen molar-refractivity contribution in [3.63, 3.8) is 0 Å². The molecule has 3 nitrogen and oxygen atoms in total. The van der Waals surface area contributed by atoms with Gasteiger partial charge in [0.25, 0.3) is 0 Å². The highest BCUT2D eigenvalue weighted by molar-refractivity contribution is 5.78. The van der Waals surface area contributed by atoms with Gasteiger partial charge in [-0.05, 0) is 50.6 Å². The number of nitrogens with two attached hydrogens (primary N) is 1. The van der Waals surface area contributed by atoms with E-state index in [0.717, 1.165) is 32.1 Å². The molecule has 116 valence electrons. The standard InChI is InChI=1S/C18H27NO2/c1-2-21-17(20)18(13-8-14-19)12-7-6-11-16(18)15-9-4-3-5-10-15/h3-5,9-10,16H,2,6-8,11-14,19H2,1H3. The molecule has 2 rings (SSSR count). The predicted molar refractivity (Wildman–Crippen MR) is 85.0 cm³/mol. The summed E-state index contributed by atoms with van der Waals surface area (Å²) >= 11 is 0. The molecule has 1 aliphatic carbocycles. The molecule has 1 fully saturated rings. The number of rotatable bonds is 6. The summed E-state index contributed by atoms with van der Waals surface area (Å²) in [4.78, 5) is 12.7. The molecule has 0 spiro atoms. The number of esters is 1. The first-order chi connectivity index (χ1) is 10.2. The summed E-state index contributed by atoms with van der Waals surface area (Å²) in [6.45, 7) is 2.96. The first-order valence-corrected chi connectivity index (χ1v) is 8.17. The molecule has 0 radical (unpaired) electrons. The normalized spacial score (nSPS) is 25.5. The van der Waals surface area contributed by atoms with Crippen LogP contribution in [0, 0.1) is 5.41 Å². The first kappa shape index (κ1) is 16.0. The van der Waals surface area contributed by atoms with E-state index < -0.39 is 0 Å². The SMILES string of the molecule is CCOC(=O)C1(CCCN)CCCCC1c1ccccc1. The Hall–Kier alpha value is -1.35. The van der Waals surface area contributed by atoms with Crippen LogP contribution in [0.25, 0.3) is 0 Å². The number of carbonyl (C=O) groups excluding carboxylic acids is 1. The molecule has 1 aromatic carbocycles. The molecule has 2 N–H and O–H groups in total. The van der Waals surface area contributed by atoms with E-state index in [1.165, 1.54) is 12.0 Å².